The van der Waals surface area contributed by atoms with Crippen LogP contribution in [0.15, 0.2) is 35.5 Å². The first-order chi connectivity index (χ1) is 10.7. The van der Waals surface area contributed by atoms with Crippen LogP contribution in [0.1, 0.15) is 29.3 Å². The fraction of sp³-hybridized carbons (Fsp3) is 0.412. The topological polar surface area (TPSA) is 65.1 Å². The van der Waals surface area contributed by atoms with Crippen molar-refractivity contribution in [1.82, 2.24) is 20.8 Å². The van der Waals surface area contributed by atoms with E-state index in [-0.39, 0.29) is 0 Å². The van der Waals surface area contributed by atoms with Crippen LogP contribution in [0.2, 0.25) is 0 Å². The van der Waals surface area contributed by atoms with Gasteiger partial charge in [-0.3, -0.25) is 5.10 Å². The van der Waals surface area contributed by atoms with Crippen LogP contribution in [-0.2, 0) is 13.0 Å². The van der Waals surface area contributed by atoms with Crippen LogP contribution in [0.25, 0.3) is 0 Å². The summed E-state index contributed by atoms with van der Waals surface area (Å²) in [5.74, 6) is 0.835. The third-order valence-corrected chi connectivity index (χ3v) is 3.30. The molecule has 1 aromatic carbocycles. The fourth-order valence-corrected chi connectivity index (χ4v) is 2.42. The van der Waals surface area contributed by atoms with Gasteiger partial charge in [0.25, 0.3) is 0 Å². The van der Waals surface area contributed by atoms with Crippen molar-refractivity contribution in [2.75, 3.05) is 13.1 Å². The zero-order chi connectivity index (χ0) is 15.8. The Balaban J connectivity index is 1.87. The highest BCUT2D eigenvalue weighted by Crippen LogP contribution is 2.08. The van der Waals surface area contributed by atoms with Crippen molar-refractivity contribution in [2.45, 2.75) is 33.7 Å². The van der Waals surface area contributed by atoms with Gasteiger partial charge >= 0.3 is 0 Å². The summed E-state index contributed by atoms with van der Waals surface area (Å²) in [6.45, 7) is 8.64. The van der Waals surface area contributed by atoms with Crippen LogP contribution in [0, 0.1) is 13.8 Å². The van der Waals surface area contributed by atoms with Crippen LogP contribution in [0.5, 0.6) is 0 Å². The van der Waals surface area contributed by atoms with E-state index in [4.69, 9.17) is 0 Å². The monoisotopic (exact) mass is 299 g/mol. The van der Waals surface area contributed by atoms with Gasteiger partial charge in [0, 0.05) is 19.3 Å². The highest BCUT2D eigenvalue weighted by molar-refractivity contribution is 5.79. The third-order valence-electron chi connectivity index (χ3n) is 3.30. The summed E-state index contributed by atoms with van der Waals surface area (Å²) in [5, 5.41) is 13.5. The summed E-state index contributed by atoms with van der Waals surface area (Å²) in [6, 6.07) is 8.61. The zero-order valence-corrected chi connectivity index (χ0v) is 13.6. The highest BCUT2D eigenvalue weighted by Gasteiger charge is 2.00. The van der Waals surface area contributed by atoms with Crippen molar-refractivity contribution in [1.29, 1.82) is 0 Å². The summed E-state index contributed by atoms with van der Waals surface area (Å²) in [7, 11) is 0. The van der Waals surface area contributed by atoms with E-state index >= 15 is 0 Å². The maximum Gasteiger partial charge on any atom is 0.191 e. The standard InChI is InChI=1S/C17H25N5/c1-4-18-17(20-12-16-6-8-21-22-16)19-7-5-15-10-13(2)9-14(3)11-15/h6,8-11H,4-5,7,12H2,1-3H3,(H,21,22)(H2,18,19,20). The molecule has 2 rings (SSSR count). The minimum absolute atomic E-state index is 0.596. The molecule has 0 atom stereocenters. The number of guanidine groups is 1. The molecule has 0 radical (unpaired) electrons. The molecule has 118 valence electrons. The smallest absolute Gasteiger partial charge is 0.191 e. The van der Waals surface area contributed by atoms with Gasteiger partial charge in [-0.25, -0.2) is 4.99 Å². The number of rotatable bonds is 6. The lowest BCUT2D eigenvalue weighted by Gasteiger charge is -2.11. The summed E-state index contributed by atoms with van der Waals surface area (Å²) in [6.07, 6.45) is 2.72. The van der Waals surface area contributed by atoms with Crippen molar-refractivity contribution in [3.8, 4) is 0 Å². The van der Waals surface area contributed by atoms with Crippen LogP contribution in [0.3, 0.4) is 0 Å². The molecule has 5 nitrogen and oxygen atoms in total. The van der Waals surface area contributed by atoms with Crippen LogP contribution in [-0.4, -0.2) is 29.2 Å². The Bertz CT molecular complexity index is 581. The fourth-order valence-electron chi connectivity index (χ4n) is 2.42. The number of nitrogens with one attached hydrogen (secondary N) is 3. The van der Waals surface area contributed by atoms with E-state index in [1.165, 1.54) is 16.7 Å². The summed E-state index contributed by atoms with van der Waals surface area (Å²) in [5.41, 5.74) is 4.99. The molecule has 0 saturated heterocycles. The average molecular weight is 299 g/mol. The van der Waals surface area contributed by atoms with Gasteiger partial charge in [-0.05, 0) is 38.8 Å². The van der Waals surface area contributed by atoms with Crippen molar-refractivity contribution < 1.29 is 0 Å². The number of aromatic nitrogens is 2. The molecule has 0 fully saturated rings. The van der Waals surface area contributed by atoms with Crippen molar-refractivity contribution in [3.63, 3.8) is 0 Å². The van der Waals surface area contributed by atoms with Crippen LogP contribution in [0.4, 0.5) is 0 Å². The number of aliphatic imine (C=N–C) groups is 1. The van der Waals surface area contributed by atoms with E-state index in [0.29, 0.717) is 6.54 Å². The van der Waals surface area contributed by atoms with Gasteiger partial charge in [0.15, 0.2) is 5.96 Å². The maximum atomic E-state index is 4.55. The van der Waals surface area contributed by atoms with Gasteiger partial charge in [0.05, 0.1) is 12.2 Å². The molecule has 0 aliphatic rings. The maximum absolute atomic E-state index is 4.55. The lowest BCUT2D eigenvalue weighted by Crippen LogP contribution is -2.38. The average Bonchev–Trinajstić information content (AvgIpc) is 2.97. The molecule has 2 aromatic rings. The molecular weight excluding hydrogens is 274 g/mol. The zero-order valence-electron chi connectivity index (χ0n) is 13.6. The second kappa shape index (κ2) is 8.22. The molecule has 0 saturated carbocycles. The Morgan fingerprint density at radius 1 is 1.18 bits per heavy atom. The number of H-pyrrole nitrogens is 1. The summed E-state index contributed by atoms with van der Waals surface area (Å²) >= 11 is 0. The Morgan fingerprint density at radius 2 is 1.95 bits per heavy atom. The molecule has 3 N–H and O–H groups in total. The second-order valence-electron chi connectivity index (χ2n) is 5.45. The van der Waals surface area contributed by atoms with E-state index in [1.54, 1.807) is 6.20 Å². The molecule has 0 unspecified atom stereocenters. The molecule has 1 aromatic heterocycles. The number of nitrogens with zero attached hydrogens (tertiary/aromatic N) is 2. The van der Waals surface area contributed by atoms with Gasteiger partial charge < -0.3 is 10.6 Å². The first kappa shape index (κ1) is 16.1. The third kappa shape index (κ3) is 5.24. The second-order valence-corrected chi connectivity index (χ2v) is 5.45. The quantitative estimate of drug-likeness (QED) is 0.566. The minimum atomic E-state index is 0.596. The molecule has 22 heavy (non-hydrogen) atoms. The van der Waals surface area contributed by atoms with Crippen molar-refractivity contribution in [2.24, 2.45) is 4.99 Å². The van der Waals surface area contributed by atoms with Gasteiger partial charge in [-0.2, -0.15) is 5.10 Å². The Morgan fingerprint density at radius 3 is 2.59 bits per heavy atom. The van der Waals surface area contributed by atoms with Gasteiger partial charge in [0.1, 0.15) is 0 Å². The van der Waals surface area contributed by atoms with Crippen LogP contribution < -0.4 is 10.6 Å². The highest BCUT2D eigenvalue weighted by atomic mass is 15.2. The lowest BCUT2D eigenvalue weighted by molar-refractivity contribution is 0.795. The van der Waals surface area contributed by atoms with E-state index in [0.717, 1.165) is 31.2 Å². The van der Waals surface area contributed by atoms with E-state index in [2.05, 4.69) is 64.8 Å². The predicted molar refractivity (Wildman–Crippen MR) is 91.0 cm³/mol. The molecule has 0 amide bonds. The molecular formula is C17H25N5. The van der Waals surface area contributed by atoms with Crippen molar-refractivity contribution >= 4 is 5.96 Å². The Labute approximate surface area is 132 Å². The molecule has 0 spiro atoms. The van der Waals surface area contributed by atoms with Gasteiger partial charge in [-0.15, -0.1) is 0 Å². The Kier molecular flexibility index (Phi) is 6.01. The molecule has 1 heterocycles. The predicted octanol–water partition coefficient (Wildman–Crippen LogP) is 2.32. The largest absolute Gasteiger partial charge is 0.357 e. The van der Waals surface area contributed by atoms with E-state index in [1.807, 2.05) is 6.07 Å². The summed E-state index contributed by atoms with van der Waals surface area (Å²) < 4.78 is 0. The first-order valence-electron chi connectivity index (χ1n) is 7.75. The Hall–Kier alpha value is -2.30. The molecule has 5 heteroatoms. The molecule has 0 aliphatic carbocycles. The minimum Gasteiger partial charge on any atom is -0.357 e. The van der Waals surface area contributed by atoms with E-state index in [9.17, 15) is 0 Å². The number of benzene rings is 1. The molecule has 0 bridgehead atoms. The SMILES string of the molecule is CCNC(=NCc1ccn[nH]1)NCCc1cc(C)cc(C)c1. The van der Waals surface area contributed by atoms with E-state index < -0.39 is 0 Å². The first-order valence-corrected chi connectivity index (χ1v) is 7.75. The number of hydrogen-bond acceptors (Lipinski definition) is 2. The van der Waals surface area contributed by atoms with Crippen LogP contribution >= 0.6 is 0 Å². The summed E-state index contributed by atoms with van der Waals surface area (Å²) in [4.78, 5) is 4.55. The molecule has 0 aliphatic heterocycles. The lowest BCUT2D eigenvalue weighted by atomic mass is 10.1. The number of hydrogen-bond donors (Lipinski definition) is 3. The van der Waals surface area contributed by atoms with Gasteiger partial charge in [-0.1, -0.05) is 29.3 Å². The normalized spacial score (nSPS) is 11.5. The van der Waals surface area contributed by atoms with Gasteiger partial charge in [0.2, 0.25) is 0 Å². The number of aromatic amines is 1. The van der Waals surface area contributed by atoms with Crippen molar-refractivity contribution in [3.05, 3.63) is 52.8 Å². The number of aryl methyl sites for hydroxylation is 2.